The Bertz CT molecular complexity index is 335. The molecule has 3 heteroatoms. The van der Waals surface area contributed by atoms with Crippen molar-refractivity contribution in [3.05, 3.63) is 59.7 Å². The summed E-state index contributed by atoms with van der Waals surface area (Å²) in [6.45, 7) is 3.39. The molecule has 2 aromatic rings. The van der Waals surface area contributed by atoms with Crippen molar-refractivity contribution in [2.45, 2.75) is 26.1 Å². The fourth-order valence-electron chi connectivity index (χ4n) is 1.53. The first kappa shape index (κ1) is 16.1. The van der Waals surface area contributed by atoms with Crippen molar-refractivity contribution in [2.24, 2.45) is 0 Å². The van der Waals surface area contributed by atoms with E-state index in [2.05, 4.69) is 0 Å². The summed E-state index contributed by atoms with van der Waals surface area (Å²) in [4.78, 5) is 0. The van der Waals surface area contributed by atoms with Crippen LogP contribution in [-0.4, -0.2) is 10.2 Å². The Morgan fingerprint density at radius 1 is 1.06 bits per heavy atom. The first-order chi connectivity index (χ1) is 7.63. The minimum Gasteiger partial charge on any atom is -0.748 e. The molecule has 17 heavy (non-hydrogen) atoms. The Hall–Kier alpha value is -0.861. The van der Waals surface area contributed by atoms with Crippen molar-refractivity contribution in [3.63, 3.8) is 0 Å². The fraction of sp³-hybridized carbons (Fsp3) is 0.286. The Kier molecular flexibility index (Phi) is 7.84. The van der Waals surface area contributed by atoms with Gasteiger partial charge < -0.3 is 40.5 Å². The Labute approximate surface area is 113 Å². The smallest absolute Gasteiger partial charge is 0.0537 e. The van der Waals surface area contributed by atoms with Crippen LogP contribution in [0.1, 0.15) is 37.2 Å². The molecule has 0 aliphatic heterocycles. The predicted octanol–water partition coefficient (Wildman–Crippen LogP) is 2.92. The van der Waals surface area contributed by atoms with Gasteiger partial charge in [-0.3, -0.25) is 0 Å². The van der Waals surface area contributed by atoms with Crippen molar-refractivity contribution < 1.29 is 27.3 Å². The molecular formula is C14H18FeO2-6. The van der Waals surface area contributed by atoms with E-state index in [1.165, 1.54) is 0 Å². The van der Waals surface area contributed by atoms with Gasteiger partial charge in [0.25, 0.3) is 0 Å². The van der Waals surface area contributed by atoms with Gasteiger partial charge in [0, 0.05) is 23.2 Å². The molecule has 2 nitrogen and oxygen atoms in total. The van der Waals surface area contributed by atoms with E-state index in [1.54, 1.807) is 13.8 Å². The van der Waals surface area contributed by atoms with Crippen LogP contribution in [0.4, 0.5) is 0 Å². The second-order valence-corrected chi connectivity index (χ2v) is 3.75. The molecule has 2 aromatic carbocycles. The molecule has 100 valence electrons. The Morgan fingerprint density at radius 3 is 1.82 bits per heavy atom. The van der Waals surface area contributed by atoms with Crippen LogP contribution in [0.2, 0.25) is 0 Å². The third-order valence-electron chi connectivity index (χ3n) is 2.34. The van der Waals surface area contributed by atoms with E-state index in [9.17, 15) is 10.2 Å². The van der Waals surface area contributed by atoms with E-state index in [1.807, 2.05) is 48.5 Å². The standard InChI is InChI=1S/C9H13O2.C5H5.Fe/c1-6(10)8-4-3-5-9(8)7(2)11;1-2-4-5-3-1;/h3-7,10-11H,1-2H3;1-5H;/q-1;-5;. The van der Waals surface area contributed by atoms with Crippen LogP contribution in [0.25, 0.3) is 0 Å². The van der Waals surface area contributed by atoms with E-state index in [0.29, 0.717) is 0 Å². The number of aliphatic hydroxyl groups is 2. The molecule has 2 N–H and O–H groups in total. The topological polar surface area (TPSA) is 40.5 Å². The minimum absolute atomic E-state index is 0. The van der Waals surface area contributed by atoms with Gasteiger partial charge in [0.05, 0.1) is 6.10 Å². The van der Waals surface area contributed by atoms with Gasteiger partial charge in [-0.1, -0.05) is 0 Å². The summed E-state index contributed by atoms with van der Waals surface area (Å²) in [6, 6.07) is 15.5. The number of aliphatic hydroxyl groups excluding tert-OH is 2. The second-order valence-electron chi connectivity index (χ2n) is 3.75. The maximum absolute atomic E-state index is 9.23. The van der Waals surface area contributed by atoms with E-state index in [4.69, 9.17) is 0 Å². The van der Waals surface area contributed by atoms with Crippen LogP contribution in [0.3, 0.4) is 0 Å². The molecule has 0 aliphatic rings. The maximum Gasteiger partial charge on any atom is 0.0537 e. The molecule has 2 unspecified atom stereocenters. The van der Waals surface area contributed by atoms with Crippen LogP contribution in [-0.2, 0) is 17.1 Å². The van der Waals surface area contributed by atoms with Crippen molar-refractivity contribution >= 4 is 0 Å². The zero-order valence-electron chi connectivity index (χ0n) is 10.0. The summed E-state index contributed by atoms with van der Waals surface area (Å²) in [5.41, 5.74) is 1.64. The maximum atomic E-state index is 9.23. The van der Waals surface area contributed by atoms with Crippen LogP contribution in [0.15, 0.2) is 48.5 Å². The number of rotatable bonds is 2. The third kappa shape index (κ3) is 5.33. The minimum atomic E-state index is -0.491. The van der Waals surface area contributed by atoms with E-state index >= 15 is 0 Å². The third-order valence-corrected chi connectivity index (χ3v) is 2.34. The molecule has 0 aliphatic carbocycles. The van der Waals surface area contributed by atoms with E-state index in [0.717, 1.165) is 11.1 Å². The van der Waals surface area contributed by atoms with Gasteiger partial charge in [0.1, 0.15) is 0 Å². The van der Waals surface area contributed by atoms with Crippen molar-refractivity contribution in [1.29, 1.82) is 0 Å². The zero-order valence-corrected chi connectivity index (χ0v) is 11.1. The van der Waals surface area contributed by atoms with Gasteiger partial charge in [-0.05, 0) is 13.8 Å². The average Bonchev–Trinajstić information content (AvgIpc) is 2.92. The molecule has 0 saturated carbocycles. The zero-order chi connectivity index (χ0) is 12.0. The molecule has 2 rings (SSSR count). The molecule has 0 saturated heterocycles. The van der Waals surface area contributed by atoms with Gasteiger partial charge in [-0.2, -0.15) is 6.07 Å². The molecule has 0 fully saturated rings. The van der Waals surface area contributed by atoms with E-state index in [-0.39, 0.29) is 17.1 Å². The summed E-state index contributed by atoms with van der Waals surface area (Å²) >= 11 is 0. The summed E-state index contributed by atoms with van der Waals surface area (Å²) < 4.78 is 0. The first-order valence-corrected chi connectivity index (χ1v) is 5.41. The molecule has 2 atom stereocenters. The predicted molar refractivity (Wildman–Crippen MR) is 65.3 cm³/mol. The van der Waals surface area contributed by atoms with Crippen LogP contribution in [0.5, 0.6) is 0 Å². The SMILES string of the molecule is CC(O)c1ccc[c-]1C(C)O.[Fe].[cH-]1[cH-][cH-][cH-][cH-]1. The molecule has 0 aromatic heterocycles. The fourth-order valence-corrected chi connectivity index (χ4v) is 1.53. The van der Waals surface area contributed by atoms with Crippen LogP contribution < -0.4 is 0 Å². The summed E-state index contributed by atoms with van der Waals surface area (Å²) in [7, 11) is 0. The molecule has 0 radical (unpaired) electrons. The summed E-state index contributed by atoms with van der Waals surface area (Å²) in [6.07, 6.45) is -0.982. The Morgan fingerprint density at radius 2 is 1.53 bits per heavy atom. The quantitative estimate of drug-likeness (QED) is 0.653. The monoisotopic (exact) mass is 274 g/mol. The van der Waals surface area contributed by atoms with Gasteiger partial charge >= 0.3 is 0 Å². The van der Waals surface area contributed by atoms with Crippen LogP contribution in [0, 0.1) is 0 Å². The second kappa shape index (κ2) is 8.26. The number of hydrogen-bond acceptors (Lipinski definition) is 2. The summed E-state index contributed by atoms with van der Waals surface area (Å²) in [5.74, 6) is 0. The van der Waals surface area contributed by atoms with Crippen molar-refractivity contribution in [1.82, 2.24) is 0 Å². The van der Waals surface area contributed by atoms with Gasteiger partial charge in [0.15, 0.2) is 0 Å². The van der Waals surface area contributed by atoms with Gasteiger partial charge in [-0.25, -0.2) is 12.1 Å². The molecule has 0 spiro atoms. The van der Waals surface area contributed by atoms with Gasteiger partial charge in [-0.15, -0.1) is 11.1 Å². The Balaban J connectivity index is 0.000000360. The molecular weight excluding hydrogens is 256 g/mol. The normalized spacial score (nSPS) is 12.9. The first-order valence-electron chi connectivity index (χ1n) is 5.41. The summed E-state index contributed by atoms with van der Waals surface area (Å²) in [5, 5.41) is 18.5. The van der Waals surface area contributed by atoms with E-state index < -0.39 is 12.2 Å². The van der Waals surface area contributed by atoms with Crippen molar-refractivity contribution in [2.75, 3.05) is 0 Å². The number of hydrogen-bond donors (Lipinski definition) is 2. The van der Waals surface area contributed by atoms with Crippen molar-refractivity contribution in [3.8, 4) is 0 Å². The molecule has 0 bridgehead atoms. The average molecular weight is 274 g/mol. The molecule has 0 amide bonds. The molecule has 0 heterocycles. The van der Waals surface area contributed by atoms with Gasteiger partial charge in [0.2, 0.25) is 0 Å². The van der Waals surface area contributed by atoms with Crippen LogP contribution >= 0.6 is 0 Å². The largest absolute Gasteiger partial charge is 0.748 e.